The first-order valence-electron chi connectivity index (χ1n) is 7.99. The van der Waals surface area contributed by atoms with E-state index in [1.54, 1.807) is 48.1 Å². The maximum atomic E-state index is 12.5. The summed E-state index contributed by atoms with van der Waals surface area (Å²) in [6.07, 6.45) is 0.496. The third-order valence-electron chi connectivity index (χ3n) is 4.69. The predicted octanol–water partition coefficient (Wildman–Crippen LogP) is 2.65. The number of hydrogen-bond donors (Lipinski definition) is 3. The number of rotatable bonds is 3. The Kier molecular flexibility index (Phi) is 3.84. The minimum Gasteiger partial charge on any atom is -0.393 e. The van der Waals surface area contributed by atoms with Gasteiger partial charge in [0.05, 0.1) is 17.7 Å². The van der Waals surface area contributed by atoms with Crippen molar-refractivity contribution >= 4 is 34.3 Å². The van der Waals surface area contributed by atoms with Crippen LogP contribution in [0.25, 0.3) is 22.0 Å². The summed E-state index contributed by atoms with van der Waals surface area (Å²) in [7, 11) is 1.77. The molecule has 2 aromatic carbocycles. The van der Waals surface area contributed by atoms with Gasteiger partial charge in [-0.05, 0) is 17.7 Å². The molecule has 26 heavy (non-hydrogen) atoms. The second kappa shape index (κ2) is 5.95. The molecule has 0 aliphatic carbocycles. The molecule has 0 radical (unpaired) electrons. The summed E-state index contributed by atoms with van der Waals surface area (Å²) in [6, 6.07) is 8.87. The van der Waals surface area contributed by atoms with Crippen molar-refractivity contribution in [3.63, 3.8) is 0 Å². The molecule has 1 aliphatic heterocycles. The summed E-state index contributed by atoms with van der Waals surface area (Å²) in [5, 5.41) is 22.7. The van der Waals surface area contributed by atoms with E-state index in [2.05, 4.69) is 5.32 Å². The highest BCUT2D eigenvalue weighted by Crippen LogP contribution is 2.40. The maximum Gasteiger partial charge on any atom is 0.259 e. The van der Waals surface area contributed by atoms with E-state index < -0.39 is 24.5 Å². The Morgan fingerprint density at radius 2 is 1.88 bits per heavy atom. The van der Waals surface area contributed by atoms with Gasteiger partial charge in [-0.1, -0.05) is 29.8 Å². The zero-order valence-electron chi connectivity index (χ0n) is 13.8. The number of carbonyl (C=O) groups is 2. The van der Waals surface area contributed by atoms with E-state index in [1.807, 2.05) is 0 Å². The number of aryl methyl sites for hydroxylation is 1. The monoisotopic (exact) mass is 372 g/mol. The SMILES string of the molecule is Cn1cc(C(O)CO)c2c3c(c(-c4ccccc4Cl)cc21)C(=O)NC3=O.[HH]. The molecular weight excluding hydrogens is 356 g/mol. The van der Waals surface area contributed by atoms with Gasteiger partial charge in [0.1, 0.15) is 6.10 Å². The highest BCUT2D eigenvalue weighted by Gasteiger charge is 2.35. The van der Waals surface area contributed by atoms with Crippen molar-refractivity contribution in [2.24, 2.45) is 7.05 Å². The summed E-state index contributed by atoms with van der Waals surface area (Å²) in [6.45, 7) is -0.490. The number of aliphatic hydroxyl groups excluding tert-OH is 2. The fourth-order valence-corrected chi connectivity index (χ4v) is 3.75. The highest BCUT2D eigenvalue weighted by molar-refractivity contribution is 6.35. The zero-order valence-corrected chi connectivity index (χ0v) is 14.5. The number of benzene rings is 2. The lowest BCUT2D eigenvalue weighted by atomic mass is 9.92. The quantitative estimate of drug-likeness (QED) is 0.616. The highest BCUT2D eigenvalue weighted by atomic mass is 35.5. The van der Waals surface area contributed by atoms with Crippen LogP contribution in [0.5, 0.6) is 0 Å². The van der Waals surface area contributed by atoms with Gasteiger partial charge in [-0.25, -0.2) is 0 Å². The Morgan fingerprint density at radius 1 is 1.19 bits per heavy atom. The number of hydrogen-bond acceptors (Lipinski definition) is 4. The van der Waals surface area contributed by atoms with Crippen molar-refractivity contribution in [1.29, 1.82) is 0 Å². The summed E-state index contributed by atoms with van der Waals surface area (Å²) in [4.78, 5) is 25.0. The number of nitrogens with zero attached hydrogens (tertiary/aromatic N) is 1. The van der Waals surface area contributed by atoms with Crippen molar-refractivity contribution in [3.05, 3.63) is 58.2 Å². The molecule has 0 fully saturated rings. The van der Waals surface area contributed by atoms with Crippen molar-refractivity contribution in [2.75, 3.05) is 6.61 Å². The van der Waals surface area contributed by atoms with E-state index in [9.17, 15) is 19.8 Å². The van der Waals surface area contributed by atoms with Crippen LogP contribution in [0.2, 0.25) is 5.02 Å². The van der Waals surface area contributed by atoms with E-state index in [0.717, 1.165) is 0 Å². The van der Waals surface area contributed by atoms with E-state index in [4.69, 9.17) is 11.6 Å². The first-order valence-corrected chi connectivity index (χ1v) is 8.37. The second-order valence-electron chi connectivity index (χ2n) is 6.23. The standard InChI is InChI=1S/C19H15ClN2O4.H2/c1-22-7-11(14(24)8-23)15-13(22)6-10(9-4-2-3-5-12(9)20)16-17(15)19(26)21-18(16)25;/h2-7,14,23-24H,8H2,1H3,(H,21,25,26);1H. The summed E-state index contributed by atoms with van der Waals surface area (Å²) >= 11 is 6.32. The zero-order chi connectivity index (χ0) is 18.6. The van der Waals surface area contributed by atoms with Crippen molar-refractivity contribution in [1.82, 2.24) is 9.88 Å². The number of imide groups is 1. The molecule has 0 saturated carbocycles. The summed E-state index contributed by atoms with van der Waals surface area (Å²) in [5.41, 5.74) is 2.68. The van der Waals surface area contributed by atoms with Crippen molar-refractivity contribution < 1.29 is 21.2 Å². The van der Waals surface area contributed by atoms with Gasteiger partial charge in [-0.15, -0.1) is 0 Å². The first kappa shape index (κ1) is 16.8. The van der Waals surface area contributed by atoms with Gasteiger partial charge in [0.2, 0.25) is 0 Å². The van der Waals surface area contributed by atoms with Gasteiger partial charge in [-0.3, -0.25) is 14.9 Å². The fraction of sp³-hybridized carbons (Fsp3) is 0.158. The molecule has 0 spiro atoms. The average Bonchev–Trinajstić information content (AvgIpc) is 3.11. The number of aliphatic hydroxyl groups is 2. The van der Waals surface area contributed by atoms with Crippen LogP contribution in [0.15, 0.2) is 36.5 Å². The third-order valence-corrected chi connectivity index (χ3v) is 5.01. The number of aromatic nitrogens is 1. The molecule has 7 heteroatoms. The third kappa shape index (κ3) is 2.27. The van der Waals surface area contributed by atoms with E-state index in [-0.39, 0.29) is 12.6 Å². The first-order chi connectivity index (χ1) is 12.4. The Labute approximate surface area is 155 Å². The van der Waals surface area contributed by atoms with Gasteiger partial charge < -0.3 is 14.8 Å². The molecule has 0 saturated heterocycles. The molecule has 2 heterocycles. The lowest BCUT2D eigenvalue weighted by Crippen LogP contribution is -2.20. The van der Waals surface area contributed by atoms with E-state index >= 15 is 0 Å². The molecule has 6 nitrogen and oxygen atoms in total. The van der Waals surface area contributed by atoms with Crippen LogP contribution in [-0.2, 0) is 7.05 Å². The Balaban J connectivity index is 0.00000210. The molecule has 134 valence electrons. The Morgan fingerprint density at radius 3 is 2.58 bits per heavy atom. The molecule has 1 aromatic heterocycles. The van der Waals surface area contributed by atoms with Gasteiger partial charge in [-0.2, -0.15) is 0 Å². The predicted molar refractivity (Wildman–Crippen MR) is 99.3 cm³/mol. The minimum atomic E-state index is -1.16. The van der Waals surface area contributed by atoms with Crippen LogP contribution < -0.4 is 5.32 Å². The number of halogens is 1. The molecule has 3 aromatic rings. The molecule has 3 N–H and O–H groups in total. The van der Waals surface area contributed by atoms with Gasteiger partial charge >= 0.3 is 0 Å². The number of nitrogens with one attached hydrogen (secondary N) is 1. The van der Waals surface area contributed by atoms with E-state index in [0.29, 0.717) is 32.6 Å². The normalized spacial score (nSPS) is 14.6. The number of fused-ring (bicyclic) bond motifs is 3. The Hall–Kier alpha value is -2.67. The minimum absolute atomic E-state index is 0. The average molecular weight is 373 g/mol. The van der Waals surface area contributed by atoms with Gasteiger partial charge in [0, 0.05) is 41.7 Å². The van der Waals surface area contributed by atoms with E-state index in [1.165, 1.54) is 0 Å². The molecule has 2 amide bonds. The molecule has 1 aliphatic rings. The molecule has 0 bridgehead atoms. The second-order valence-corrected chi connectivity index (χ2v) is 6.63. The lowest BCUT2D eigenvalue weighted by Gasteiger charge is -2.12. The lowest BCUT2D eigenvalue weighted by molar-refractivity contribution is 0.0880. The smallest absolute Gasteiger partial charge is 0.259 e. The van der Waals surface area contributed by atoms with Crippen molar-refractivity contribution in [2.45, 2.75) is 6.10 Å². The van der Waals surface area contributed by atoms with Crippen LogP contribution in [0, 0.1) is 0 Å². The van der Waals surface area contributed by atoms with Crippen LogP contribution in [-0.4, -0.2) is 33.2 Å². The molecule has 1 unspecified atom stereocenters. The van der Waals surface area contributed by atoms with Crippen LogP contribution in [0.4, 0.5) is 0 Å². The van der Waals surface area contributed by atoms with Crippen molar-refractivity contribution in [3.8, 4) is 11.1 Å². The molecule has 4 rings (SSSR count). The van der Waals surface area contributed by atoms with Gasteiger partial charge in [0.15, 0.2) is 0 Å². The summed E-state index contributed by atoms with van der Waals surface area (Å²) in [5.74, 6) is -1.03. The fourth-order valence-electron chi connectivity index (χ4n) is 3.52. The van der Waals surface area contributed by atoms with Crippen LogP contribution >= 0.6 is 11.6 Å². The maximum absolute atomic E-state index is 12.5. The van der Waals surface area contributed by atoms with Gasteiger partial charge in [0.25, 0.3) is 11.8 Å². The van der Waals surface area contributed by atoms with Crippen LogP contribution in [0.1, 0.15) is 33.8 Å². The largest absolute Gasteiger partial charge is 0.393 e. The molecular formula is C19H17ClN2O4. The van der Waals surface area contributed by atoms with Crippen LogP contribution in [0.3, 0.4) is 0 Å². The topological polar surface area (TPSA) is 91.6 Å². The molecule has 1 atom stereocenters. The number of carbonyl (C=O) groups excluding carboxylic acids is 2. The summed E-state index contributed by atoms with van der Waals surface area (Å²) < 4.78 is 1.75. The number of amides is 2. The Bertz CT molecular complexity index is 1090.